The van der Waals surface area contributed by atoms with Crippen molar-refractivity contribution in [3.8, 4) is 11.5 Å². The molecule has 1 amide bonds. The standard InChI is InChI=1S/C23H23N3O5/c1-15-4-8-18(9-5-15)31-14-17-12-16(6-10-20(17)30-3)7-11-21(27)25-19-13-24-26(2)22(19)23(28)29/h4-13H,14H2,1-3H3,(H,25,27)(H,28,29)/b11-7+. The van der Waals surface area contributed by atoms with Crippen LogP contribution in [-0.2, 0) is 18.4 Å². The van der Waals surface area contributed by atoms with Gasteiger partial charge in [0.05, 0.1) is 19.0 Å². The zero-order valence-electron chi connectivity index (χ0n) is 17.5. The highest BCUT2D eigenvalue weighted by Crippen LogP contribution is 2.23. The number of amides is 1. The zero-order valence-corrected chi connectivity index (χ0v) is 17.5. The van der Waals surface area contributed by atoms with E-state index in [-0.39, 0.29) is 11.4 Å². The first-order chi connectivity index (χ1) is 14.9. The lowest BCUT2D eigenvalue weighted by Crippen LogP contribution is -2.13. The summed E-state index contributed by atoms with van der Waals surface area (Å²) in [6.07, 6.45) is 4.25. The van der Waals surface area contributed by atoms with Crippen LogP contribution in [0.1, 0.15) is 27.2 Å². The van der Waals surface area contributed by atoms with Crippen molar-refractivity contribution >= 4 is 23.6 Å². The van der Waals surface area contributed by atoms with Gasteiger partial charge in [0.15, 0.2) is 5.69 Å². The summed E-state index contributed by atoms with van der Waals surface area (Å²) >= 11 is 0. The fourth-order valence-electron chi connectivity index (χ4n) is 2.94. The number of carboxylic acids is 1. The number of carbonyl (C=O) groups is 2. The Labute approximate surface area is 179 Å². The molecular weight excluding hydrogens is 398 g/mol. The van der Waals surface area contributed by atoms with E-state index >= 15 is 0 Å². The van der Waals surface area contributed by atoms with Gasteiger partial charge in [-0.15, -0.1) is 0 Å². The van der Waals surface area contributed by atoms with Crippen molar-refractivity contribution in [3.05, 3.63) is 77.1 Å². The van der Waals surface area contributed by atoms with Crippen LogP contribution in [0.2, 0.25) is 0 Å². The summed E-state index contributed by atoms with van der Waals surface area (Å²) in [6.45, 7) is 2.31. The number of carbonyl (C=O) groups excluding carboxylic acids is 1. The van der Waals surface area contributed by atoms with Crippen LogP contribution in [0.5, 0.6) is 11.5 Å². The number of rotatable bonds is 8. The van der Waals surface area contributed by atoms with E-state index in [9.17, 15) is 14.7 Å². The normalized spacial score (nSPS) is 10.8. The van der Waals surface area contributed by atoms with E-state index in [0.717, 1.165) is 22.4 Å². The molecule has 2 aromatic carbocycles. The molecule has 0 radical (unpaired) electrons. The first-order valence-corrected chi connectivity index (χ1v) is 9.48. The maximum absolute atomic E-state index is 12.2. The van der Waals surface area contributed by atoms with Gasteiger partial charge in [-0.2, -0.15) is 5.10 Å². The van der Waals surface area contributed by atoms with Crippen LogP contribution in [0.4, 0.5) is 5.69 Å². The molecule has 160 valence electrons. The van der Waals surface area contributed by atoms with E-state index in [1.54, 1.807) is 19.3 Å². The van der Waals surface area contributed by atoms with Crippen molar-refractivity contribution in [2.75, 3.05) is 12.4 Å². The first kappa shape index (κ1) is 21.6. The van der Waals surface area contributed by atoms with Gasteiger partial charge in [-0.05, 0) is 42.8 Å². The number of aryl methyl sites for hydroxylation is 2. The number of ether oxygens (including phenoxy) is 2. The van der Waals surface area contributed by atoms with E-state index in [4.69, 9.17) is 9.47 Å². The van der Waals surface area contributed by atoms with E-state index in [1.807, 2.05) is 43.3 Å². The molecule has 8 nitrogen and oxygen atoms in total. The van der Waals surface area contributed by atoms with Gasteiger partial charge < -0.3 is 19.9 Å². The smallest absolute Gasteiger partial charge is 0.356 e. The summed E-state index contributed by atoms with van der Waals surface area (Å²) in [5, 5.41) is 15.6. The second kappa shape index (κ2) is 9.62. The topological polar surface area (TPSA) is 103 Å². The Bertz CT molecular complexity index is 1120. The molecule has 0 atom stereocenters. The molecule has 0 unspecified atom stereocenters. The van der Waals surface area contributed by atoms with Crippen LogP contribution in [-0.4, -0.2) is 33.9 Å². The van der Waals surface area contributed by atoms with Crippen LogP contribution < -0.4 is 14.8 Å². The van der Waals surface area contributed by atoms with E-state index < -0.39 is 11.9 Å². The van der Waals surface area contributed by atoms with Crippen LogP contribution in [0.3, 0.4) is 0 Å². The summed E-state index contributed by atoms with van der Waals surface area (Å²) in [7, 11) is 3.08. The minimum Gasteiger partial charge on any atom is -0.496 e. The average molecular weight is 421 g/mol. The number of anilines is 1. The lowest BCUT2D eigenvalue weighted by atomic mass is 10.1. The molecule has 2 N–H and O–H groups in total. The zero-order chi connectivity index (χ0) is 22.4. The van der Waals surface area contributed by atoms with E-state index in [2.05, 4.69) is 10.4 Å². The van der Waals surface area contributed by atoms with Gasteiger partial charge in [0, 0.05) is 18.7 Å². The highest BCUT2D eigenvalue weighted by molar-refractivity contribution is 6.05. The van der Waals surface area contributed by atoms with Crippen molar-refractivity contribution < 1.29 is 24.2 Å². The number of benzene rings is 2. The molecule has 0 aliphatic heterocycles. The predicted molar refractivity (Wildman–Crippen MR) is 116 cm³/mol. The van der Waals surface area contributed by atoms with Gasteiger partial charge in [-0.3, -0.25) is 9.48 Å². The highest BCUT2D eigenvalue weighted by atomic mass is 16.5. The number of aromatic nitrogens is 2. The summed E-state index contributed by atoms with van der Waals surface area (Å²) in [6, 6.07) is 13.2. The second-order valence-corrected chi connectivity index (χ2v) is 6.83. The summed E-state index contributed by atoms with van der Waals surface area (Å²) < 4.78 is 12.4. The molecular formula is C23H23N3O5. The largest absolute Gasteiger partial charge is 0.496 e. The molecule has 8 heteroatoms. The first-order valence-electron chi connectivity index (χ1n) is 9.48. The van der Waals surface area contributed by atoms with Gasteiger partial charge in [0.1, 0.15) is 18.1 Å². The van der Waals surface area contributed by atoms with Crippen molar-refractivity contribution in [1.29, 1.82) is 0 Å². The number of carboxylic acid groups (broad SMARTS) is 1. The molecule has 0 saturated heterocycles. The molecule has 3 aromatic rings. The molecule has 1 heterocycles. The monoisotopic (exact) mass is 421 g/mol. The van der Waals surface area contributed by atoms with E-state index in [1.165, 1.54) is 24.0 Å². The maximum Gasteiger partial charge on any atom is 0.356 e. The Balaban J connectivity index is 1.70. The summed E-state index contributed by atoms with van der Waals surface area (Å²) in [5.41, 5.74) is 2.78. The predicted octanol–water partition coefficient (Wildman–Crippen LogP) is 3.67. The second-order valence-electron chi connectivity index (χ2n) is 6.83. The molecule has 0 saturated carbocycles. The van der Waals surface area contributed by atoms with Gasteiger partial charge in [-0.25, -0.2) is 4.79 Å². The molecule has 0 fully saturated rings. The quantitative estimate of drug-likeness (QED) is 0.538. The number of nitrogens with one attached hydrogen (secondary N) is 1. The fraction of sp³-hybridized carbons (Fsp3) is 0.174. The molecule has 0 aliphatic rings. The van der Waals surface area contributed by atoms with Crippen LogP contribution in [0, 0.1) is 6.92 Å². The third-order valence-corrected chi connectivity index (χ3v) is 4.55. The Morgan fingerprint density at radius 1 is 1.19 bits per heavy atom. The lowest BCUT2D eigenvalue weighted by molar-refractivity contribution is -0.111. The van der Waals surface area contributed by atoms with Crippen molar-refractivity contribution in [1.82, 2.24) is 9.78 Å². The number of hydrogen-bond donors (Lipinski definition) is 2. The number of aromatic carboxylic acids is 1. The van der Waals surface area contributed by atoms with Crippen molar-refractivity contribution in [2.24, 2.45) is 7.05 Å². The Morgan fingerprint density at radius 3 is 2.61 bits per heavy atom. The Morgan fingerprint density at radius 2 is 1.94 bits per heavy atom. The van der Waals surface area contributed by atoms with E-state index in [0.29, 0.717) is 12.4 Å². The fourth-order valence-corrected chi connectivity index (χ4v) is 2.94. The van der Waals surface area contributed by atoms with Gasteiger partial charge >= 0.3 is 5.97 Å². The number of nitrogens with zero attached hydrogens (tertiary/aromatic N) is 2. The summed E-state index contributed by atoms with van der Waals surface area (Å²) in [5.74, 6) is -0.217. The minimum absolute atomic E-state index is 0.0956. The third-order valence-electron chi connectivity index (χ3n) is 4.55. The van der Waals surface area contributed by atoms with Gasteiger partial charge in [0.25, 0.3) is 0 Å². The van der Waals surface area contributed by atoms with Crippen molar-refractivity contribution in [2.45, 2.75) is 13.5 Å². The molecule has 0 bridgehead atoms. The molecule has 0 spiro atoms. The lowest BCUT2D eigenvalue weighted by Gasteiger charge is -2.11. The minimum atomic E-state index is -1.17. The maximum atomic E-state index is 12.2. The van der Waals surface area contributed by atoms with Crippen LogP contribution in [0.25, 0.3) is 6.08 Å². The highest BCUT2D eigenvalue weighted by Gasteiger charge is 2.16. The third kappa shape index (κ3) is 5.51. The number of hydrogen-bond acceptors (Lipinski definition) is 5. The van der Waals surface area contributed by atoms with Gasteiger partial charge in [-0.1, -0.05) is 23.8 Å². The van der Waals surface area contributed by atoms with Crippen molar-refractivity contribution in [3.63, 3.8) is 0 Å². The molecule has 1 aromatic heterocycles. The Kier molecular flexibility index (Phi) is 6.71. The van der Waals surface area contributed by atoms with Crippen LogP contribution in [0.15, 0.2) is 54.7 Å². The molecule has 0 aliphatic carbocycles. The molecule has 3 rings (SSSR count). The number of methoxy groups -OCH3 is 1. The summed E-state index contributed by atoms with van der Waals surface area (Å²) in [4.78, 5) is 23.5. The molecule has 31 heavy (non-hydrogen) atoms. The SMILES string of the molecule is COc1ccc(/C=C/C(=O)Nc2cnn(C)c2C(=O)O)cc1COc1ccc(C)cc1. The van der Waals surface area contributed by atoms with Gasteiger partial charge in [0.2, 0.25) is 5.91 Å². The van der Waals surface area contributed by atoms with Crippen LogP contribution >= 0.6 is 0 Å². The Hall–Kier alpha value is -4.07. The average Bonchev–Trinajstić information content (AvgIpc) is 3.12.